The highest BCUT2D eigenvalue weighted by Gasteiger charge is 2.31. The summed E-state index contributed by atoms with van der Waals surface area (Å²) in [5, 5.41) is 12.7. The lowest BCUT2D eigenvalue weighted by atomic mass is 10.0. The minimum absolute atomic E-state index is 0.0104. The summed E-state index contributed by atoms with van der Waals surface area (Å²) in [7, 11) is 1.69. The highest BCUT2D eigenvalue weighted by molar-refractivity contribution is 5.46. The number of hydrogen-bond donors (Lipinski definition) is 0. The van der Waals surface area contributed by atoms with Crippen LogP contribution in [0.5, 0.6) is 5.75 Å². The Bertz CT molecular complexity index is 901. The van der Waals surface area contributed by atoms with Gasteiger partial charge in [-0.2, -0.15) is 0 Å². The number of piperazine rings is 1. The summed E-state index contributed by atoms with van der Waals surface area (Å²) in [5.41, 5.74) is 2.45. The van der Waals surface area contributed by atoms with Gasteiger partial charge in [0.15, 0.2) is 5.82 Å². The maximum absolute atomic E-state index is 5.34. The zero-order valence-electron chi connectivity index (χ0n) is 17.3. The van der Waals surface area contributed by atoms with Crippen LogP contribution in [-0.4, -0.2) is 58.4 Å². The highest BCUT2D eigenvalue weighted by atomic mass is 16.5. The van der Waals surface area contributed by atoms with Crippen molar-refractivity contribution in [3.63, 3.8) is 0 Å². The molecule has 1 atom stereocenters. The summed E-state index contributed by atoms with van der Waals surface area (Å²) in [6.45, 7) is 8.05. The van der Waals surface area contributed by atoms with Gasteiger partial charge in [0.05, 0.1) is 19.2 Å². The molecule has 3 aromatic rings. The lowest BCUT2D eigenvalue weighted by Crippen LogP contribution is -2.48. The van der Waals surface area contributed by atoms with Crippen LogP contribution in [0, 0.1) is 0 Å². The molecule has 29 heavy (non-hydrogen) atoms. The van der Waals surface area contributed by atoms with Crippen LogP contribution in [0.4, 0.5) is 5.69 Å². The first-order chi connectivity index (χ1) is 14.2. The van der Waals surface area contributed by atoms with Gasteiger partial charge >= 0.3 is 0 Å². The number of para-hydroxylation sites is 1. The van der Waals surface area contributed by atoms with E-state index < -0.39 is 0 Å². The Hall–Kier alpha value is -2.93. The Labute approximate surface area is 171 Å². The van der Waals surface area contributed by atoms with Gasteiger partial charge in [0.1, 0.15) is 5.75 Å². The van der Waals surface area contributed by atoms with Gasteiger partial charge in [-0.25, -0.2) is 4.68 Å². The molecule has 0 bridgehead atoms. The van der Waals surface area contributed by atoms with Crippen molar-refractivity contribution in [2.45, 2.75) is 25.9 Å². The number of methoxy groups -OCH3 is 1. The third kappa shape index (κ3) is 4.10. The minimum atomic E-state index is 0.0104. The van der Waals surface area contributed by atoms with E-state index in [9.17, 15) is 0 Å². The van der Waals surface area contributed by atoms with Gasteiger partial charge in [-0.1, -0.05) is 30.3 Å². The molecule has 7 heteroatoms. The fourth-order valence-electron chi connectivity index (χ4n) is 3.93. The molecule has 1 aromatic heterocycles. The molecule has 1 aliphatic heterocycles. The van der Waals surface area contributed by atoms with Crippen molar-refractivity contribution in [3.8, 4) is 5.75 Å². The second kappa shape index (κ2) is 8.61. The molecule has 0 spiro atoms. The van der Waals surface area contributed by atoms with Crippen LogP contribution in [0.15, 0.2) is 54.6 Å². The van der Waals surface area contributed by atoms with Crippen LogP contribution in [0.2, 0.25) is 0 Å². The van der Waals surface area contributed by atoms with Crippen LogP contribution >= 0.6 is 0 Å². The number of benzene rings is 2. The van der Waals surface area contributed by atoms with E-state index in [4.69, 9.17) is 4.74 Å². The summed E-state index contributed by atoms with van der Waals surface area (Å²) in [4.78, 5) is 4.92. The van der Waals surface area contributed by atoms with Crippen molar-refractivity contribution in [1.29, 1.82) is 0 Å². The maximum atomic E-state index is 5.34. The average molecular weight is 393 g/mol. The molecule has 0 amide bonds. The third-order valence-corrected chi connectivity index (χ3v) is 5.48. The quantitative estimate of drug-likeness (QED) is 0.642. The van der Waals surface area contributed by atoms with E-state index in [2.05, 4.69) is 81.6 Å². The molecule has 4 rings (SSSR count). The normalized spacial score (nSPS) is 16.2. The lowest BCUT2D eigenvalue weighted by Gasteiger charge is -2.40. The van der Waals surface area contributed by atoms with Crippen molar-refractivity contribution in [2.24, 2.45) is 0 Å². The van der Waals surface area contributed by atoms with Crippen LogP contribution in [0.3, 0.4) is 0 Å². The first-order valence-electron chi connectivity index (χ1n) is 10.1. The lowest BCUT2D eigenvalue weighted by molar-refractivity contribution is 0.199. The largest absolute Gasteiger partial charge is 0.497 e. The van der Waals surface area contributed by atoms with Crippen molar-refractivity contribution in [1.82, 2.24) is 25.1 Å². The second-order valence-corrected chi connectivity index (χ2v) is 7.61. The number of aromatic nitrogens is 4. The summed E-state index contributed by atoms with van der Waals surface area (Å²) < 4.78 is 7.27. The van der Waals surface area contributed by atoms with E-state index in [0.717, 1.165) is 37.8 Å². The van der Waals surface area contributed by atoms with Gasteiger partial charge in [0, 0.05) is 31.9 Å². The van der Waals surface area contributed by atoms with E-state index in [1.165, 1.54) is 11.3 Å². The van der Waals surface area contributed by atoms with Gasteiger partial charge < -0.3 is 9.64 Å². The Morgan fingerprint density at radius 2 is 1.59 bits per heavy atom. The van der Waals surface area contributed by atoms with Crippen molar-refractivity contribution >= 4 is 5.69 Å². The van der Waals surface area contributed by atoms with E-state index in [1.54, 1.807) is 7.11 Å². The molecule has 152 valence electrons. The monoisotopic (exact) mass is 392 g/mol. The standard InChI is InChI=1S/C22H28N6O/c1-17(2)28-22(23-24-25-28)21(18-9-11-20(29-3)12-10-18)27-15-13-26(14-16-27)19-7-5-4-6-8-19/h4-12,17,21H,13-16H2,1-3H3/t21-/m1/s1. The van der Waals surface area contributed by atoms with Crippen LogP contribution in [-0.2, 0) is 0 Å². The smallest absolute Gasteiger partial charge is 0.173 e. The minimum Gasteiger partial charge on any atom is -0.497 e. The van der Waals surface area contributed by atoms with Crippen molar-refractivity contribution < 1.29 is 4.74 Å². The molecule has 0 N–H and O–H groups in total. The summed E-state index contributed by atoms with van der Waals surface area (Å²) >= 11 is 0. The molecular weight excluding hydrogens is 364 g/mol. The summed E-state index contributed by atoms with van der Waals surface area (Å²) in [6, 6.07) is 19.1. The summed E-state index contributed by atoms with van der Waals surface area (Å²) in [5.74, 6) is 1.74. The highest BCUT2D eigenvalue weighted by Crippen LogP contribution is 2.31. The zero-order valence-corrected chi connectivity index (χ0v) is 17.3. The van der Waals surface area contributed by atoms with Gasteiger partial charge in [0.25, 0.3) is 0 Å². The maximum Gasteiger partial charge on any atom is 0.173 e. The van der Waals surface area contributed by atoms with Gasteiger partial charge in [-0.15, -0.1) is 5.10 Å². The fraction of sp³-hybridized carbons (Fsp3) is 0.409. The molecule has 2 heterocycles. The first kappa shape index (κ1) is 19.4. The SMILES string of the molecule is COc1ccc([C@H](c2nnnn2C(C)C)N2CCN(c3ccccc3)CC2)cc1. The second-order valence-electron chi connectivity index (χ2n) is 7.61. The number of rotatable bonds is 6. The predicted molar refractivity (Wildman–Crippen MR) is 113 cm³/mol. The van der Waals surface area contributed by atoms with Gasteiger partial charge in [0.2, 0.25) is 0 Å². The topological polar surface area (TPSA) is 59.3 Å². The molecular formula is C22H28N6O. The number of nitrogens with zero attached hydrogens (tertiary/aromatic N) is 6. The number of anilines is 1. The molecule has 0 unspecified atom stereocenters. The van der Waals surface area contributed by atoms with Gasteiger partial charge in [-0.3, -0.25) is 4.90 Å². The zero-order chi connectivity index (χ0) is 20.2. The van der Waals surface area contributed by atoms with E-state index in [-0.39, 0.29) is 12.1 Å². The molecule has 0 aliphatic carbocycles. The summed E-state index contributed by atoms with van der Waals surface area (Å²) in [6.07, 6.45) is 0. The molecule has 1 aliphatic rings. The Morgan fingerprint density at radius 1 is 0.897 bits per heavy atom. The molecule has 0 radical (unpaired) electrons. The molecule has 1 fully saturated rings. The molecule has 1 saturated heterocycles. The van der Waals surface area contributed by atoms with Crippen LogP contribution < -0.4 is 9.64 Å². The Morgan fingerprint density at radius 3 is 2.21 bits per heavy atom. The van der Waals surface area contributed by atoms with Crippen molar-refractivity contribution in [3.05, 3.63) is 66.0 Å². The van der Waals surface area contributed by atoms with E-state index in [0.29, 0.717) is 0 Å². The molecule has 0 saturated carbocycles. The van der Waals surface area contributed by atoms with Gasteiger partial charge in [-0.05, 0) is 54.1 Å². The van der Waals surface area contributed by atoms with E-state index in [1.807, 2.05) is 16.8 Å². The molecule has 7 nitrogen and oxygen atoms in total. The average Bonchev–Trinajstić information content (AvgIpc) is 3.25. The predicted octanol–water partition coefficient (Wildman–Crippen LogP) is 3.17. The van der Waals surface area contributed by atoms with Crippen LogP contribution in [0.1, 0.15) is 37.3 Å². The number of tetrazole rings is 1. The third-order valence-electron chi connectivity index (χ3n) is 5.48. The van der Waals surface area contributed by atoms with E-state index >= 15 is 0 Å². The van der Waals surface area contributed by atoms with Crippen LogP contribution in [0.25, 0.3) is 0 Å². The fourth-order valence-corrected chi connectivity index (χ4v) is 3.93. The molecule has 2 aromatic carbocycles. The Balaban J connectivity index is 1.61. The van der Waals surface area contributed by atoms with Crippen molar-refractivity contribution in [2.75, 3.05) is 38.2 Å². The first-order valence-corrected chi connectivity index (χ1v) is 10.1. The Kier molecular flexibility index (Phi) is 5.76. The number of ether oxygens (including phenoxy) is 1. The number of hydrogen-bond acceptors (Lipinski definition) is 6.